The molecule has 1 saturated carbocycles. The quantitative estimate of drug-likeness (QED) is 0.195. The molecule has 42 heavy (non-hydrogen) atoms. The third-order valence-corrected chi connectivity index (χ3v) is 8.51. The fourth-order valence-electron chi connectivity index (χ4n) is 6.10. The molecule has 2 aromatic carbocycles. The van der Waals surface area contributed by atoms with Crippen molar-refractivity contribution in [1.82, 2.24) is 24.8 Å². The molecule has 4 aromatic rings. The molecular formula is C32H36ClN7O2. The van der Waals surface area contributed by atoms with Crippen molar-refractivity contribution in [2.75, 3.05) is 10.6 Å². The third kappa shape index (κ3) is 6.74. The Morgan fingerprint density at radius 1 is 1.07 bits per heavy atom. The smallest absolute Gasteiger partial charge is 0.242 e. The van der Waals surface area contributed by atoms with Gasteiger partial charge in [-0.3, -0.25) is 9.36 Å². The molecule has 0 saturated heterocycles. The van der Waals surface area contributed by atoms with Crippen molar-refractivity contribution in [3.05, 3.63) is 95.0 Å². The number of benzene rings is 2. The van der Waals surface area contributed by atoms with Crippen molar-refractivity contribution in [3.8, 4) is 5.82 Å². The zero-order chi connectivity index (χ0) is 28.9. The first-order valence-corrected chi connectivity index (χ1v) is 15.1. The molecule has 2 aliphatic rings. The zero-order valence-corrected chi connectivity index (χ0v) is 24.2. The van der Waals surface area contributed by atoms with E-state index in [1.165, 1.54) is 19.3 Å². The van der Waals surface area contributed by atoms with Crippen LogP contribution in [0.5, 0.6) is 0 Å². The van der Waals surface area contributed by atoms with E-state index in [2.05, 4.69) is 20.9 Å². The minimum Gasteiger partial charge on any atom is -0.386 e. The molecule has 1 fully saturated rings. The van der Waals surface area contributed by atoms with Gasteiger partial charge in [0.05, 0.1) is 12.1 Å². The normalized spacial score (nSPS) is 19.2. The van der Waals surface area contributed by atoms with Crippen molar-refractivity contribution >= 4 is 29.3 Å². The molecule has 2 aliphatic carbocycles. The maximum Gasteiger partial charge on any atom is 0.242 e. The number of anilines is 2. The number of amides is 1. The minimum atomic E-state index is -0.727. The summed E-state index contributed by atoms with van der Waals surface area (Å²) in [7, 11) is 0. The Labute approximate surface area is 250 Å². The SMILES string of the molecule is O=C(NC1Cc2ccccc2C1O)C(CC1CCCCC1)Nc1cc(-n2ccnc2)nc(NCc2cccc(Cl)c2)n1. The van der Waals surface area contributed by atoms with Gasteiger partial charge in [0, 0.05) is 30.0 Å². The van der Waals surface area contributed by atoms with Crippen molar-refractivity contribution in [3.63, 3.8) is 0 Å². The summed E-state index contributed by atoms with van der Waals surface area (Å²) >= 11 is 6.17. The number of hydrogen-bond donors (Lipinski definition) is 4. The number of aromatic nitrogens is 4. The predicted octanol–water partition coefficient (Wildman–Crippen LogP) is 5.45. The van der Waals surface area contributed by atoms with Crippen LogP contribution in [-0.2, 0) is 17.8 Å². The topological polar surface area (TPSA) is 117 Å². The van der Waals surface area contributed by atoms with E-state index in [9.17, 15) is 9.90 Å². The molecule has 1 amide bonds. The highest BCUT2D eigenvalue weighted by atomic mass is 35.5. The maximum atomic E-state index is 13.8. The summed E-state index contributed by atoms with van der Waals surface area (Å²) in [5, 5.41) is 21.5. The summed E-state index contributed by atoms with van der Waals surface area (Å²) in [6, 6.07) is 16.4. The Hall–Kier alpha value is -3.95. The number of aliphatic hydroxyl groups is 1. The minimum absolute atomic E-state index is 0.131. The number of carbonyl (C=O) groups is 1. The lowest BCUT2D eigenvalue weighted by molar-refractivity contribution is -0.123. The standard InChI is InChI=1S/C32H36ClN7O2/c33-24-11-6-9-22(15-24)19-35-32-38-28(18-29(39-32)40-14-13-34-20-40)36-27(16-21-7-2-1-3-8-21)31(42)37-26-17-23-10-4-5-12-25(23)30(26)41/h4-6,9-15,18,20-21,26-27,30,41H,1-3,7-8,16-17,19H2,(H,37,42)(H2,35,36,38,39). The van der Waals surface area contributed by atoms with E-state index in [0.717, 1.165) is 29.5 Å². The molecule has 2 aromatic heterocycles. The van der Waals surface area contributed by atoms with E-state index in [1.807, 2.05) is 60.8 Å². The largest absolute Gasteiger partial charge is 0.386 e. The van der Waals surface area contributed by atoms with Crippen LogP contribution in [-0.4, -0.2) is 42.6 Å². The number of aliphatic hydroxyl groups excluding tert-OH is 1. The molecule has 218 valence electrons. The number of hydrogen-bond acceptors (Lipinski definition) is 7. The molecule has 0 radical (unpaired) electrons. The molecule has 0 bridgehead atoms. The van der Waals surface area contributed by atoms with Crippen LogP contribution in [0.1, 0.15) is 61.3 Å². The molecule has 10 heteroatoms. The van der Waals surface area contributed by atoms with Crippen LogP contribution in [0.3, 0.4) is 0 Å². The van der Waals surface area contributed by atoms with Crippen molar-refractivity contribution < 1.29 is 9.90 Å². The van der Waals surface area contributed by atoms with Crippen LogP contribution in [0.15, 0.2) is 73.3 Å². The Kier molecular flexibility index (Phi) is 8.67. The van der Waals surface area contributed by atoms with E-state index in [0.29, 0.717) is 47.9 Å². The van der Waals surface area contributed by atoms with Crippen LogP contribution >= 0.6 is 11.6 Å². The van der Waals surface area contributed by atoms with E-state index in [1.54, 1.807) is 17.1 Å². The number of carbonyl (C=O) groups excluding carboxylic acids is 1. The van der Waals surface area contributed by atoms with Gasteiger partial charge >= 0.3 is 0 Å². The first kappa shape index (κ1) is 28.2. The lowest BCUT2D eigenvalue weighted by atomic mass is 9.84. The first-order valence-electron chi connectivity index (χ1n) is 14.7. The molecule has 0 aliphatic heterocycles. The number of rotatable bonds is 10. The number of imidazole rings is 1. The van der Waals surface area contributed by atoms with Gasteiger partial charge in [-0.2, -0.15) is 9.97 Å². The first-order chi connectivity index (χ1) is 20.5. The Morgan fingerprint density at radius 2 is 1.93 bits per heavy atom. The van der Waals surface area contributed by atoms with Crippen molar-refractivity contribution in [2.45, 2.75) is 69.7 Å². The second-order valence-electron chi connectivity index (χ2n) is 11.3. The van der Waals surface area contributed by atoms with E-state index >= 15 is 0 Å². The van der Waals surface area contributed by atoms with Gasteiger partial charge in [-0.15, -0.1) is 0 Å². The van der Waals surface area contributed by atoms with Crippen molar-refractivity contribution in [1.29, 1.82) is 0 Å². The zero-order valence-electron chi connectivity index (χ0n) is 23.4. The van der Waals surface area contributed by atoms with Crippen LogP contribution in [0.25, 0.3) is 5.82 Å². The number of fused-ring (bicyclic) bond motifs is 1. The number of nitrogens with zero attached hydrogens (tertiary/aromatic N) is 4. The lowest BCUT2D eigenvalue weighted by Gasteiger charge is -2.28. The molecule has 6 rings (SSSR count). The lowest BCUT2D eigenvalue weighted by Crippen LogP contribution is -2.47. The monoisotopic (exact) mass is 585 g/mol. The van der Waals surface area contributed by atoms with Gasteiger partial charge in [0.25, 0.3) is 0 Å². The summed E-state index contributed by atoms with van der Waals surface area (Å²) < 4.78 is 1.81. The Bertz CT molecular complexity index is 1510. The fraction of sp³-hybridized carbons (Fsp3) is 0.375. The molecular weight excluding hydrogens is 550 g/mol. The van der Waals surface area contributed by atoms with Gasteiger partial charge < -0.3 is 21.1 Å². The average Bonchev–Trinajstić information content (AvgIpc) is 3.65. The Balaban J connectivity index is 1.24. The van der Waals surface area contributed by atoms with Gasteiger partial charge in [0.15, 0.2) is 0 Å². The molecule has 3 atom stereocenters. The number of nitrogens with one attached hydrogen (secondary N) is 3. The van der Waals surface area contributed by atoms with Gasteiger partial charge in [0.1, 0.15) is 24.0 Å². The van der Waals surface area contributed by atoms with Gasteiger partial charge in [-0.05, 0) is 47.6 Å². The highest BCUT2D eigenvalue weighted by molar-refractivity contribution is 6.30. The second-order valence-corrected chi connectivity index (χ2v) is 11.7. The highest BCUT2D eigenvalue weighted by Gasteiger charge is 2.34. The molecule has 0 spiro atoms. The number of halogens is 1. The molecule has 2 heterocycles. The van der Waals surface area contributed by atoms with Gasteiger partial charge in [-0.1, -0.05) is 80.1 Å². The summed E-state index contributed by atoms with van der Waals surface area (Å²) in [6.07, 6.45) is 11.6. The van der Waals surface area contributed by atoms with Gasteiger partial charge in [0.2, 0.25) is 11.9 Å². The van der Waals surface area contributed by atoms with Crippen molar-refractivity contribution in [2.24, 2.45) is 5.92 Å². The van der Waals surface area contributed by atoms with E-state index < -0.39 is 12.1 Å². The summed E-state index contributed by atoms with van der Waals surface area (Å²) in [5.41, 5.74) is 2.96. The third-order valence-electron chi connectivity index (χ3n) is 8.28. The predicted molar refractivity (Wildman–Crippen MR) is 164 cm³/mol. The second kappa shape index (κ2) is 12.9. The fourth-order valence-corrected chi connectivity index (χ4v) is 6.31. The summed E-state index contributed by atoms with van der Waals surface area (Å²) in [6.45, 7) is 0.486. The van der Waals surface area contributed by atoms with E-state index in [-0.39, 0.29) is 11.9 Å². The molecule has 4 N–H and O–H groups in total. The van der Waals surface area contributed by atoms with E-state index in [4.69, 9.17) is 21.6 Å². The van der Waals surface area contributed by atoms with Crippen LogP contribution < -0.4 is 16.0 Å². The average molecular weight is 586 g/mol. The van der Waals surface area contributed by atoms with Crippen LogP contribution in [0.4, 0.5) is 11.8 Å². The highest BCUT2D eigenvalue weighted by Crippen LogP contribution is 2.32. The molecule has 3 unspecified atom stereocenters. The maximum absolute atomic E-state index is 13.8. The van der Waals surface area contributed by atoms with Crippen LogP contribution in [0.2, 0.25) is 5.02 Å². The van der Waals surface area contributed by atoms with Crippen LogP contribution in [0, 0.1) is 5.92 Å². The Morgan fingerprint density at radius 3 is 2.71 bits per heavy atom. The summed E-state index contributed by atoms with van der Waals surface area (Å²) in [5.74, 6) is 1.89. The molecule has 9 nitrogen and oxygen atoms in total. The van der Waals surface area contributed by atoms with Gasteiger partial charge in [-0.25, -0.2) is 4.98 Å². The summed E-state index contributed by atoms with van der Waals surface area (Å²) in [4.78, 5) is 27.4.